The topological polar surface area (TPSA) is 49.3 Å². The molecule has 12 heavy (non-hydrogen) atoms. The molecule has 0 atom stereocenters. The van der Waals surface area contributed by atoms with Crippen molar-refractivity contribution in [3.63, 3.8) is 0 Å². The zero-order chi connectivity index (χ0) is 8.97. The summed E-state index contributed by atoms with van der Waals surface area (Å²) in [5.74, 6) is 0.423. The van der Waals surface area contributed by atoms with Crippen LogP contribution in [-0.2, 0) is 4.79 Å². The number of carbonyl (C=O) groups is 1. The van der Waals surface area contributed by atoms with E-state index >= 15 is 0 Å². The van der Waals surface area contributed by atoms with E-state index in [9.17, 15) is 4.79 Å². The van der Waals surface area contributed by atoms with Crippen LogP contribution in [0.1, 0.15) is 19.3 Å². The second-order valence-corrected chi connectivity index (χ2v) is 2.83. The molecule has 3 nitrogen and oxygen atoms in total. The number of amides is 1. The average molecular weight is 167 g/mol. The molecule has 0 aromatic carbocycles. The predicted molar refractivity (Wildman–Crippen MR) is 46.7 cm³/mol. The van der Waals surface area contributed by atoms with Crippen LogP contribution in [-0.4, -0.2) is 18.1 Å². The van der Waals surface area contributed by atoms with E-state index in [1.54, 1.807) is 13.1 Å². The van der Waals surface area contributed by atoms with E-state index in [1.165, 1.54) is 0 Å². The van der Waals surface area contributed by atoms with Crippen molar-refractivity contribution in [1.29, 1.82) is 0 Å². The van der Waals surface area contributed by atoms with Gasteiger partial charge in [0.25, 0.3) is 0 Å². The maximum atomic E-state index is 10.9. The van der Waals surface area contributed by atoms with Crippen LogP contribution in [0.2, 0.25) is 0 Å². The van der Waals surface area contributed by atoms with Crippen LogP contribution >= 0.6 is 0 Å². The Morgan fingerprint density at radius 2 is 2.33 bits per heavy atom. The third-order valence-corrected chi connectivity index (χ3v) is 1.88. The van der Waals surface area contributed by atoms with Crippen molar-refractivity contribution >= 4 is 5.91 Å². The van der Waals surface area contributed by atoms with Crippen molar-refractivity contribution in [3.05, 3.63) is 23.5 Å². The molecule has 0 fully saturated rings. The third-order valence-electron chi connectivity index (χ3n) is 1.88. The number of allylic oxidation sites excluding steroid dienone is 3. The smallest absolute Gasteiger partial charge is 0.223 e. The number of aliphatic hydroxyl groups is 1. The summed E-state index contributed by atoms with van der Waals surface area (Å²) in [5, 5.41) is 11.6. The summed E-state index contributed by atoms with van der Waals surface area (Å²) in [7, 11) is 1.62. The van der Waals surface area contributed by atoms with Gasteiger partial charge in [-0.1, -0.05) is 11.6 Å². The fourth-order valence-corrected chi connectivity index (χ4v) is 1.11. The highest BCUT2D eigenvalue weighted by molar-refractivity contribution is 5.78. The van der Waals surface area contributed by atoms with Crippen molar-refractivity contribution in [2.75, 3.05) is 7.05 Å². The minimum atomic E-state index is 0.0241. The molecule has 0 aromatic rings. The normalized spacial score (nSPS) is 16.4. The van der Waals surface area contributed by atoms with Crippen LogP contribution in [0, 0.1) is 0 Å². The zero-order valence-corrected chi connectivity index (χ0v) is 7.13. The van der Waals surface area contributed by atoms with E-state index in [0.29, 0.717) is 18.6 Å². The van der Waals surface area contributed by atoms with Gasteiger partial charge in [0.05, 0.1) is 5.76 Å². The molecule has 1 aliphatic rings. The SMILES string of the molecule is CNC(=O)CC1=CC=C(O)CC1. The maximum Gasteiger partial charge on any atom is 0.223 e. The predicted octanol–water partition coefficient (Wildman–Crippen LogP) is 1.28. The fourth-order valence-electron chi connectivity index (χ4n) is 1.11. The van der Waals surface area contributed by atoms with Gasteiger partial charge in [0.15, 0.2) is 0 Å². The highest BCUT2D eigenvalue weighted by Crippen LogP contribution is 2.18. The standard InChI is InChI=1S/C9H13NO2/c1-10-9(12)6-7-2-4-8(11)5-3-7/h2,4,11H,3,5-6H2,1H3,(H,10,12). The van der Waals surface area contributed by atoms with Crippen molar-refractivity contribution in [1.82, 2.24) is 5.32 Å². The van der Waals surface area contributed by atoms with E-state index in [0.717, 1.165) is 12.0 Å². The number of rotatable bonds is 2. The summed E-state index contributed by atoms with van der Waals surface area (Å²) in [4.78, 5) is 10.9. The van der Waals surface area contributed by atoms with Gasteiger partial charge in [-0.05, 0) is 12.5 Å². The van der Waals surface area contributed by atoms with E-state index in [-0.39, 0.29) is 5.91 Å². The molecule has 2 N–H and O–H groups in total. The lowest BCUT2D eigenvalue weighted by molar-refractivity contribution is -0.119. The van der Waals surface area contributed by atoms with Gasteiger partial charge >= 0.3 is 0 Å². The molecule has 0 saturated heterocycles. The Morgan fingerprint density at radius 1 is 1.58 bits per heavy atom. The lowest BCUT2D eigenvalue weighted by Gasteiger charge is -2.09. The number of aliphatic hydroxyl groups excluding tert-OH is 1. The summed E-state index contributed by atoms with van der Waals surface area (Å²) in [6.07, 6.45) is 5.36. The van der Waals surface area contributed by atoms with E-state index < -0.39 is 0 Å². The maximum absolute atomic E-state index is 10.9. The molecule has 0 aromatic heterocycles. The first-order chi connectivity index (χ1) is 5.72. The minimum Gasteiger partial charge on any atom is -0.512 e. The van der Waals surface area contributed by atoms with Gasteiger partial charge < -0.3 is 10.4 Å². The van der Waals surface area contributed by atoms with Gasteiger partial charge in [0.1, 0.15) is 0 Å². The molecule has 0 aliphatic heterocycles. The Morgan fingerprint density at radius 3 is 2.83 bits per heavy atom. The van der Waals surface area contributed by atoms with Crippen LogP contribution in [0.25, 0.3) is 0 Å². The number of nitrogens with one attached hydrogen (secondary N) is 1. The highest BCUT2D eigenvalue weighted by atomic mass is 16.3. The fraction of sp³-hybridized carbons (Fsp3) is 0.444. The van der Waals surface area contributed by atoms with Crippen LogP contribution in [0.4, 0.5) is 0 Å². The molecule has 0 radical (unpaired) electrons. The molecular formula is C9H13NO2. The minimum absolute atomic E-state index is 0.0241. The Bertz CT molecular complexity index is 241. The molecule has 0 unspecified atom stereocenters. The van der Waals surface area contributed by atoms with Crippen LogP contribution < -0.4 is 5.32 Å². The van der Waals surface area contributed by atoms with E-state index in [2.05, 4.69) is 5.32 Å². The zero-order valence-electron chi connectivity index (χ0n) is 7.13. The molecule has 1 amide bonds. The van der Waals surface area contributed by atoms with Crippen molar-refractivity contribution in [3.8, 4) is 0 Å². The number of hydrogen-bond donors (Lipinski definition) is 2. The summed E-state index contributed by atoms with van der Waals surface area (Å²) in [6.45, 7) is 0. The Kier molecular flexibility index (Phi) is 2.91. The Labute approximate surface area is 71.8 Å². The molecule has 66 valence electrons. The molecule has 1 aliphatic carbocycles. The van der Waals surface area contributed by atoms with Gasteiger partial charge in [-0.15, -0.1) is 0 Å². The van der Waals surface area contributed by atoms with Gasteiger partial charge in [-0.2, -0.15) is 0 Å². The molecule has 0 spiro atoms. The third kappa shape index (κ3) is 2.42. The molecule has 0 bridgehead atoms. The second-order valence-electron chi connectivity index (χ2n) is 2.83. The van der Waals surface area contributed by atoms with Crippen LogP contribution in [0.5, 0.6) is 0 Å². The number of carbonyl (C=O) groups excluding carboxylic acids is 1. The van der Waals surface area contributed by atoms with E-state index in [4.69, 9.17) is 5.11 Å². The monoisotopic (exact) mass is 167 g/mol. The molecular weight excluding hydrogens is 154 g/mol. The van der Waals surface area contributed by atoms with Crippen molar-refractivity contribution in [2.45, 2.75) is 19.3 Å². The van der Waals surface area contributed by atoms with Crippen LogP contribution in [0.15, 0.2) is 23.5 Å². The second kappa shape index (κ2) is 3.95. The first-order valence-electron chi connectivity index (χ1n) is 4.00. The first kappa shape index (κ1) is 8.84. The summed E-state index contributed by atoms with van der Waals surface area (Å²) in [6, 6.07) is 0. The van der Waals surface area contributed by atoms with Gasteiger partial charge in [0.2, 0.25) is 5.91 Å². The molecule has 0 heterocycles. The van der Waals surface area contributed by atoms with Crippen LogP contribution in [0.3, 0.4) is 0 Å². The number of hydrogen-bond acceptors (Lipinski definition) is 2. The van der Waals surface area contributed by atoms with Gasteiger partial charge in [0, 0.05) is 19.9 Å². The molecule has 3 heteroatoms. The van der Waals surface area contributed by atoms with E-state index in [1.807, 2.05) is 6.08 Å². The molecule has 1 rings (SSSR count). The lowest BCUT2D eigenvalue weighted by Crippen LogP contribution is -2.18. The lowest BCUT2D eigenvalue weighted by atomic mass is 10.0. The largest absolute Gasteiger partial charge is 0.512 e. The van der Waals surface area contributed by atoms with Crippen molar-refractivity contribution in [2.24, 2.45) is 0 Å². The first-order valence-corrected chi connectivity index (χ1v) is 4.00. The average Bonchev–Trinajstić information content (AvgIpc) is 2.09. The van der Waals surface area contributed by atoms with Gasteiger partial charge in [-0.3, -0.25) is 4.79 Å². The van der Waals surface area contributed by atoms with Gasteiger partial charge in [-0.25, -0.2) is 0 Å². The Balaban J connectivity index is 2.49. The summed E-state index contributed by atoms with van der Waals surface area (Å²) < 4.78 is 0. The quantitative estimate of drug-likeness (QED) is 0.651. The summed E-state index contributed by atoms with van der Waals surface area (Å²) in [5.41, 5.74) is 1.08. The van der Waals surface area contributed by atoms with Crippen molar-refractivity contribution < 1.29 is 9.90 Å². The highest BCUT2D eigenvalue weighted by Gasteiger charge is 2.07. The summed E-state index contributed by atoms with van der Waals surface area (Å²) >= 11 is 0. The molecule has 0 saturated carbocycles. The Hall–Kier alpha value is -1.25.